The molecule has 0 bridgehead atoms. The molecule has 2 heteroatoms. The Bertz CT molecular complexity index is 332. The summed E-state index contributed by atoms with van der Waals surface area (Å²) >= 11 is 0. The van der Waals surface area contributed by atoms with Gasteiger partial charge in [-0.2, -0.15) is 0 Å². The maximum Gasteiger partial charge on any atom is 0.0685 e. The molecule has 3 rings (SSSR count). The highest BCUT2D eigenvalue weighted by Crippen LogP contribution is 2.48. The number of nitrogens with two attached hydrogens (primary N) is 1. The first-order chi connectivity index (χ1) is 9.53. The summed E-state index contributed by atoms with van der Waals surface area (Å²) in [5, 5.41) is 0. The molecule has 2 aliphatic carbocycles. The molecule has 2 N–H and O–H groups in total. The van der Waals surface area contributed by atoms with Gasteiger partial charge in [-0.15, -0.1) is 0 Å². The number of ether oxygens (including phenoxy) is 1. The molecular weight excluding hydrogens is 246 g/mol. The fourth-order valence-electron chi connectivity index (χ4n) is 5.32. The van der Waals surface area contributed by atoms with Crippen molar-refractivity contribution in [1.82, 2.24) is 0 Å². The van der Waals surface area contributed by atoms with E-state index in [1.54, 1.807) is 0 Å². The summed E-state index contributed by atoms with van der Waals surface area (Å²) in [5.41, 5.74) is 7.46. The van der Waals surface area contributed by atoms with Gasteiger partial charge in [0.1, 0.15) is 0 Å². The first-order valence-electron chi connectivity index (χ1n) is 8.92. The van der Waals surface area contributed by atoms with Crippen LogP contribution in [0.1, 0.15) is 78.1 Å². The monoisotopic (exact) mass is 279 g/mol. The maximum atomic E-state index is 6.79. The van der Waals surface area contributed by atoms with E-state index in [0.29, 0.717) is 17.4 Å². The van der Waals surface area contributed by atoms with Gasteiger partial charge in [-0.25, -0.2) is 0 Å². The van der Waals surface area contributed by atoms with Crippen molar-refractivity contribution >= 4 is 0 Å². The fourth-order valence-corrected chi connectivity index (χ4v) is 5.32. The zero-order valence-corrected chi connectivity index (χ0v) is 13.5. The average molecular weight is 279 g/mol. The van der Waals surface area contributed by atoms with Gasteiger partial charge in [-0.05, 0) is 55.8 Å². The van der Waals surface area contributed by atoms with Crippen molar-refractivity contribution in [3.05, 3.63) is 0 Å². The summed E-state index contributed by atoms with van der Waals surface area (Å²) in [7, 11) is 0. The Kier molecular flexibility index (Phi) is 4.16. The van der Waals surface area contributed by atoms with Crippen LogP contribution in [0.2, 0.25) is 0 Å². The van der Waals surface area contributed by atoms with Crippen molar-refractivity contribution in [2.24, 2.45) is 23.0 Å². The van der Waals surface area contributed by atoms with Gasteiger partial charge in [-0.3, -0.25) is 0 Å². The van der Waals surface area contributed by atoms with E-state index >= 15 is 0 Å². The van der Waals surface area contributed by atoms with Crippen molar-refractivity contribution < 1.29 is 4.74 Å². The highest BCUT2D eigenvalue weighted by molar-refractivity contribution is 4.98. The summed E-state index contributed by atoms with van der Waals surface area (Å²) in [6.45, 7) is 5.84. The van der Waals surface area contributed by atoms with Crippen molar-refractivity contribution in [3.63, 3.8) is 0 Å². The molecule has 0 aromatic carbocycles. The van der Waals surface area contributed by atoms with Gasteiger partial charge in [-0.1, -0.05) is 39.5 Å². The Balaban J connectivity index is 1.68. The van der Waals surface area contributed by atoms with Crippen LogP contribution in [0.3, 0.4) is 0 Å². The maximum absolute atomic E-state index is 6.79. The van der Waals surface area contributed by atoms with Crippen LogP contribution in [0.5, 0.6) is 0 Å². The Morgan fingerprint density at radius 1 is 1.00 bits per heavy atom. The third-order valence-corrected chi connectivity index (χ3v) is 6.64. The SMILES string of the molecule is CC1(C)CCCCC1C(N)C1CCOC2(CCCC2)C1. The second-order valence-corrected chi connectivity index (χ2v) is 8.41. The summed E-state index contributed by atoms with van der Waals surface area (Å²) in [5.74, 6) is 1.42. The predicted octanol–water partition coefficient (Wildman–Crippen LogP) is 4.27. The molecule has 0 amide bonds. The number of rotatable bonds is 2. The van der Waals surface area contributed by atoms with Gasteiger partial charge < -0.3 is 10.5 Å². The smallest absolute Gasteiger partial charge is 0.0685 e. The van der Waals surface area contributed by atoms with E-state index in [1.165, 1.54) is 64.2 Å². The molecule has 116 valence electrons. The zero-order valence-electron chi connectivity index (χ0n) is 13.5. The average Bonchev–Trinajstić information content (AvgIpc) is 2.85. The molecule has 0 radical (unpaired) electrons. The number of hydrogen-bond acceptors (Lipinski definition) is 2. The lowest BCUT2D eigenvalue weighted by Crippen LogP contribution is -2.50. The molecule has 3 unspecified atom stereocenters. The Labute approximate surface area is 124 Å². The summed E-state index contributed by atoms with van der Waals surface area (Å²) in [6.07, 6.45) is 13.2. The topological polar surface area (TPSA) is 35.2 Å². The van der Waals surface area contributed by atoms with E-state index in [9.17, 15) is 0 Å². The Hall–Kier alpha value is -0.0800. The molecule has 0 aromatic rings. The lowest BCUT2D eigenvalue weighted by molar-refractivity contribution is -0.103. The van der Waals surface area contributed by atoms with Gasteiger partial charge in [0.15, 0.2) is 0 Å². The summed E-state index contributed by atoms with van der Waals surface area (Å²) in [4.78, 5) is 0. The van der Waals surface area contributed by atoms with E-state index in [-0.39, 0.29) is 5.60 Å². The molecule has 2 nitrogen and oxygen atoms in total. The highest BCUT2D eigenvalue weighted by Gasteiger charge is 2.45. The van der Waals surface area contributed by atoms with Crippen LogP contribution in [0.25, 0.3) is 0 Å². The van der Waals surface area contributed by atoms with Crippen LogP contribution in [0.4, 0.5) is 0 Å². The van der Waals surface area contributed by atoms with Crippen LogP contribution in [0.15, 0.2) is 0 Å². The first-order valence-corrected chi connectivity index (χ1v) is 8.92. The van der Waals surface area contributed by atoms with Gasteiger partial charge in [0.25, 0.3) is 0 Å². The van der Waals surface area contributed by atoms with Crippen molar-refractivity contribution in [1.29, 1.82) is 0 Å². The van der Waals surface area contributed by atoms with Crippen LogP contribution in [0, 0.1) is 17.3 Å². The molecular formula is C18H33NO. The van der Waals surface area contributed by atoms with Crippen LogP contribution >= 0.6 is 0 Å². The normalized spacial score (nSPS) is 38.0. The summed E-state index contributed by atoms with van der Waals surface area (Å²) < 4.78 is 6.19. The molecule has 2 saturated carbocycles. The first kappa shape index (κ1) is 14.8. The molecule has 1 spiro atoms. The standard InChI is InChI=1S/C18H33NO/c1-17(2)9-4-3-7-15(17)16(19)14-8-12-20-18(13-14)10-5-6-11-18/h14-16H,3-13,19H2,1-2H3. The zero-order chi connectivity index (χ0) is 14.2. The Morgan fingerprint density at radius 2 is 1.70 bits per heavy atom. The van der Waals surface area contributed by atoms with E-state index in [2.05, 4.69) is 13.8 Å². The molecule has 20 heavy (non-hydrogen) atoms. The highest BCUT2D eigenvalue weighted by atomic mass is 16.5. The molecule has 1 saturated heterocycles. The third-order valence-electron chi connectivity index (χ3n) is 6.64. The second kappa shape index (κ2) is 5.61. The quantitative estimate of drug-likeness (QED) is 0.819. The Morgan fingerprint density at radius 3 is 2.40 bits per heavy atom. The van der Waals surface area contributed by atoms with Gasteiger partial charge >= 0.3 is 0 Å². The molecule has 3 aliphatic rings. The molecule has 1 aliphatic heterocycles. The molecule has 1 heterocycles. The van der Waals surface area contributed by atoms with Crippen LogP contribution in [-0.2, 0) is 4.74 Å². The minimum atomic E-state index is 0.222. The van der Waals surface area contributed by atoms with Crippen LogP contribution < -0.4 is 5.73 Å². The third kappa shape index (κ3) is 2.78. The van der Waals surface area contributed by atoms with E-state index in [0.717, 1.165) is 12.5 Å². The molecule has 3 atom stereocenters. The lowest BCUT2D eigenvalue weighted by Gasteiger charge is -2.48. The van der Waals surface area contributed by atoms with Crippen molar-refractivity contribution in [2.75, 3.05) is 6.61 Å². The fraction of sp³-hybridized carbons (Fsp3) is 1.00. The molecule has 3 fully saturated rings. The second-order valence-electron chi connectivity index (χ2n) is 8.41. The molecule has 0 aromatic heterocycles. The lowest BCUT2D eigenvalue weighted by atomic mass is 9.62. The van der Waals surface area contributed by atoms with Crippen molar-refractivity contribution in [3.8, 4) is 0 Å². The minimum Gasteiger partial charge on any atom is -0.375 e. The van der Waals surface area contributed by atoms with Gasteiger partial charge in [0, 0.05) is 12.6 Å². The van der Waals surface area contributed by atoms with Gasteiger partial charge in [0.2, 0.25) is 0 Å². The number of hydrogen-bond donors (Lipinski definition) is 1. The van der Waals surface area contributed by atoms with Crippen molar-refractivity contribution in [2.45, 2.75) is 89.7 Å². The largest absolute Gasteiger partial charge is 0.375 e. The predicted molar refractivity (Wildman–Crippen MR) is 83.6 cm³/mol. The van der Waals surface area contributed by atoms with E-state index in [4.69, 9.17) is 10.5 Å². The minimum absolute atomic E-state index is 0.222. The van der Waals surface area contributed by atoms with Gasteiger partial charge in [0.05, 0.1) is 5.60 Å². The van der Waals surface area contributed by atoms with E-state index in [1.807, 2.05) is 0 Å². The van der Waals surface area contributed by atoms with E-state index < -0.39 is 0 Å². The van der Waals surface area contributed by atoms with Crippen LogP contribution in [-0.4, -0.2) is 18.2 Å². The summed E-state index contributed by atoms with van der Waals surface area (Å²) in [6, 6.07) is 0.395.